The molecule has 0 aliphatic carbocycles. The highest BCUT2D eigenvalue weighted by Gasteiger charge is 2.39. The second kappa shape index (κ2) is 37.7. The highest BCUT2D eigenvalue weighted by atomic mass is 35.5. The maximum absolute atomic E-state index is 5.88. The van der Waals surface area contributed by atoms with Crippen molar-refractivity contribution in [3.05, 3.63) is 0 Å². The Morgan fingerprint density at radius 2 is 0.636 bits per heavy atom. The fourth-order valence-electron chi connectivity index (χ4n) is 2.43. The first-order valence-electron chi connectivity index (χ1n) is 13.8. The molecule has 0 aliphatic rings. The van der Waals surface area contributed by atoms with Gasteiger partial charge in [-0.3, -0.25) is 0 Å². The van der Waals surface area contributed by atoms with Crippen LogP contribution in [0.4, 0.5) is 0 Å². The Kier molecular flexibility index (Phi) is 69.1. The number of hydrogen-bond acceptors (Lipinski definition) is 2. The number of hydrogen-bond donors (Lipinski definition) is 8. The molecule has 8 unspecified atom stereocenters. The van der Waals surface area contributed by atoms with Gasteiger partial charge < -0.3 is 154 Å². The molecule has 0 aromatic carbocycles. The molecule has 0 saturated carbocycles. The standard InChI is InChI=1S/C10H26N2.C6H18N4.C6H16N2.C4H12N2.8ClH/c1-9(11(3,4)5)10(2)12(6,7)8;1-5(9,3-7)6(2,10)4-8;1-5(3-7)6(2)4-8;1-3(5)4(2)6;;;;;;;;/h9-10H,1-8H3;3-4,7-10H2,1-2H3;5-6H,3-4,7-8H2,1-2H3;3-4H,5-6H2,1-2H3;8*1H/q+2;;;;;;;;;;;/p-2. The molecule has 22 N–H and O–H groups in total. The lowest BCUT2D eigenvalue weighted by Crippen LogP contribution is -3.00. The van der Waals surface area contributed by atoms with Gasteiger partial charge in [0.15, 0.2) is 0 Å². The third-order valence-electron chi connectivity index (χ3n) is 8.34. The van der Waals surface area contributed by atoms with Crippen LogP contribution in [0.25, 0.3) is 0 Å². The Morgan fingerprint density at radius 3 is 0.705 bits per heavy atom. The summed E-state index contributed by atoms with van der Waals surface area (Å²) >= 11 is 0. The van der Waals surface area contributed by atoms with Crippen LogP contribution in [0.15, 0.2) is 0 Å². The zero-order chi connectivity index (χ0) is 30.3. The van der Waals surface area contributed by atoms with Gasteiger partial charge in [0.25, 0.3) is 0 Å². The normalized spacial score (nSPS) is 16.5. The molecule has 0 amide bonds. The van der Waals surface area contributed by atoms with Gasteiger partial charge in [-0.15, -0.1) is 0 Å². The molecule has 288 valence electrons. The Bertz CT molecular complexity index is 492. The minimum Gasteiger partial charge on any atom is -1.00 e. The molecule has 0 saturated heterocycles. The predicted octanol–water partition coefficient (Wildman–Crippen LogP) is -28.9. The number of likely N-dealkylation sites (N-methyl/N-ethyl adjacent to an activating group) is 2. The van der Waals surface area contributed by atoms with E-state index in [0.717, 1.165) is 33.9 Å². The lowest BCUT2D eigenvalue weighted by Gasteiger charge is -2.41. The number of nitrogens with two attached hydrogens (primary N) is 2. The van der Waals surface area contributed by atoms with Crippen LogP contribution in [0.5, 0.6) is 0 Å². The van der Waals surface area contributed by atoms with E-state index in [1.807, 2.05) is 13.8 Å². The first-order chi connectivity index (χ1) is 15.8. The van der Waals surface area contributed by atoms with Crippen LogP contribution in [-0.4, -0.2) is 113 Å². The van der Waals surface area contributed by atoms with Crippen molar-refractivity contribution in [1.29, 1.82) is 0 Å². The van der Waals surface area contributed by atoms with E-state index < -0.39 is 11.1 Å². The fraction of sp³-hybridized carbons (Fsp3) is 1.00. The fourth-order valence-corrected chi connectivity index (χ4v) is 2.43. The average Bonchev–Trinajstić information content (AvgIpc) is 2.76. The molecule has 0 radical (unpaired) electrons. The Balaban J connectivity index is -0.0000000299. The molecule has 0 spiro atoms. The van der Waals surface area contributed by atoms with Crippen LogP contribution >= 0.6 is 0 Å². The molecule has 8 atom stereocenters. The van der Waals surface area contributed by atoms with Crippen molar-refractivity contribution in [1.82, 2.24) is 0 Å². The van der Waals surface area contributed by atoms with Crippen LogP contribution in [0.3, 0.4) is 0 Å². The topological polar surface area (TPSA) is 218 Å². The van der Waals surface area contributed by atoms with Crippen molar-refractivity contribution in [2.75, 3.05) is 68.5 Å². The lowest BCUT2D eigenvalue weighted by atomic mass is 9.81. The predicted molar refractivity (Wildman–Crippen MR) is 154 cm³/mol. The summed E-state index contributed by atoms with van der Waals surface area (Å²) in [5, 5.41) is 0. The van der Waals surface area contributed by atoms with Gasteiger partial charge in [0.2, 0.25) is 0 Å². The van der Waals surface area contributed by atoms with E-state index in [1.165, 1.54) is 0 Å². The van der Waals surface area contributed by atoms with Crippen LogP contribution in [0.1, 0.15) is 55.4 Å². The monoisotopic (exact) mass is 810 g/mol. The van der Waals surface area contributed by atoms with Gasteiger partial charge in [0, 0.05) is 11.8 Å². The van der Waals surface area contributed by atoms with E-state index in [4.69, 9.17) is 11.5 Å². The molecule has 0 fully saturated rings. The van der Waals surface area contributed by atoms with Crippen molar-refractivity contribution in [2.24, 2.45) is 23.3 Å². The van der Waals surface area contributed by atoms with Crippen molar-refractivity contribution in [2.45, 2.75) is 90.6 Å². The first-order valence-corrected chi connectivity index (χ1v) is 13.8. The third kappa shape index (κ3) is 40.1. The van der Waals surface area contributed by atoms with Crippen molar-refractivity contribution in [3.63, 3.8) is 0 Å². The molecule has 0 aromatic rings. The van der Waals surface area contributed by atoms with Gasteiger partial charge >= 0.3 is 0 Å². The second-order valence-electron chi connectivity index (χ2n) is 13.5. The third-order valence-corrected chi connectivity index (χ3v) is 8.34. The zero-order valence-electron chi connectivity index (χ0n) is 30.6. The first kappa shape index (κ1) is 80.5. The second-order valence-corrected chi connectivity index (χ2v) is 13.5. The number of rotatable bonds is 10. The highest BCUT2D eigenvalue weighted by Crippen LogP contribution is 2.15. The highest BCUT2D eigenvalue weighted by molar-refractivity contribution is 4.99. The van der Waals surface area contributed by atoms with Crippen LogP contribution in [0.2, 0.25) is 0 Å². The maximum atomic E-state index is 5.88. The van der Waals surface area contributed by atoms with E-state index in [2.05, 4.69) is 118 Å². The van der Waals surface area contributed by atoms with E-state index >= 15 is 0 Å². The van der Waals surface area contributed by atoms with E-state index in [1.54, 1.807) is 0 Å². The smallest absolute Gasteiger partial charge is 0.138 e. The molecular weight excluding hydrogens is 736 g/mol. The summed E-state index contributed by atoms with van der Waals surface area (Å²) in [5.74, 6) is 1.49. The van der Waals surface area contributed by atoms with Gasteiger partial charge in [0.05, 0.1) is 79.5 Å². The minimum absolute atomic E-state index is 0. The van der Waals surface area contributed by atoms with Crippen molar-refractivity contribution < 1.29 is 143 Å². The van der Waals surface area contributed by atoms with E-state index in [0.29, 0.717) is 37.3 Å². The summed E-state index contributed by atoms with van der Waals surface area (Å²) in [4.78, 5) is 0. The summed E-state index contributed by atoms with van der Waals surface area (Å²) in [5.41, 5.74) is 33.6. The van der Waals surface area contributed by atoms with E-state index in [9.17, 15) is 0 Å². The largest absolute Gasteiger partial charge is 1.00 e. The number of nitrogens with zero attached hydrogens (tertiary/aromatic N) is 2. The molecule has 44 heavy (non-hydrogen) atoms. The zero-order valence-corrected chi connectivity index (χ0v) is 36.7. The Hall–Kier alpha value is 1.92. The summed E-state index contributed by atoms with van der Waals surface area (Å²) in [6.07, 6.45) is 0. The summed E-state index contributed by atoms with van der Waals surface area (Å²) in [6, 6.07) is 2.35. The molecule has 18 heteroatoms. The van der Waals surface area contributed by atoms with E-state index in [-0.39, 0.29) is 99.3 Å². The van der Waals surface area contributed by atoms with Gasteiger partial charge in [-0.1, -0.05) is 13.8 Å². The minimum atomic E-state index is -0.408. The Labute approximate surface area is 323 Å². The SMILES string of the molecule is CC(C(C)[N+](C)(C)C)[N+](C)(C)C.CC(C[NH3+])C(C)C[NH3+].CC(N)(C[NH3+])C(C)(N)C[NH3+].CC([NH3+])C(C)[NH3+].[Cl-].[Cl-].[Cl-].[Cl-].[Cl-].[Cl-].[Cl-].[Cl-]. The van der Waals surface area contributed by atoms with Gasteiger partial charge in [-0.05, 0) is 41.5 Å². The Morgan fingerprint density at radius 1 is 0.477 bits per heavy atom. The summed E-state index contributed by atoms with van der Waals surface area (Å²) in [6.45, 7) is 20.4. The molecule has 0 heterocycles. The number of halogens is 8. The van der Waals surface area contributed by atoms with Gasteiger partial charge in [-0.2, -0.15) is 0 Å². The summed E-state index contributed by atoms with van der Waals surface area (Å²) in [7, 11) is 13.6. The lowest BCUT2D eigenvalue weighted by molar-refractivity contribution is -0.962. The molecular formula is C26H78Cl8N10. The van der Waals surface area contributed by atoms with Crippen molar-refractivity contribution >= 4 is 0 Å². The average molecular weight is 815 g/mol. The van der Waals surface area contributed by atoms with Crippen LogP contribution in [0, 0.1) is 11.8 Å². The number of quaternary nitrogens is 8. The molecule has 10 nitrogen and oxygen atoms in total. The van der Waals surface area contributed by atoms with Gasteiger partial charge in [-0.25, -0.2) is 0 Å². The molecule has 0 rings (SSSR count). The van der Waals surface area contributed by atoms with Gasteiger partial charge in [0.1, 0.15) is 24.2 Å². The van der Waals surface area contributed by atoms with Crippen LogP contribution in [-0.2, 0) is 0 Å². The molecule has 0 bridgehead atoms. The summed E-state index contributed by atoms with van der Waals surface area (Å²) < 4.78 is 2.08. The maximum Gasteiger partial charge on any atom is 0.138 e. The van der Waals surface area contributed by atoms with Crippen LogP contribution < -0.4 is 145 Å². The quantitative estimate of drug-likeness (QED) is 0.101. The molecule has 0 aromatic heterocycles. The molecule has 0 aliphatic heterocycles. The van der Waals surface area contributed by atoms with Crippen molar-refractivity contribution in [3.8, 4) is 0 Å².